The number of phenols is 1. The SMILES string of the molecule is COc1ccc2nc(C=Cc3cc(Br)c(O)c(OC)c3)sc2c1. The molecule has 3 rings (SSSR count). The summed E-state index contributed by atoms with van der Waals surface area (Å²) in [5.74, 6) is 1.34. The smallest absolute Gasteiger partial charge is 0.172 e. The van der Waals surface area contributed by atoms with E-state index >= 15 is 0 Å². The molecule has 0 fully saturated rings. The highest BCUT2D eigenvalue weighted by atomic mass is 79.9. The Morgan fingerprint density at radius 3 is 2.70 bits per heavy atom. The fourth-order valence-corrected chi connectivity index (χ4v) is 3.49. The molecule has 0 saturated heterocycles. The Kier molecular flexibility index (Phi) is 4.54. The molecular weight excluding hydrogens is 378 g/mol. The minimum atomic E-state index is 0.0942. The van der Waals surface area contributed by atoms with Crippen molar-refractivity contribution in [2.24, 2.45) is 0 Å². The molecule has 0 aliphatic heterocycles. The van der Waals surface area contributed by atoms with E-state index in [0.29, 0.717) is 10.2 Å². The number of aromatic nitrogens is 1. The molecule has 0 atom stereocenters. The highest BCUT2D eigenvalue weighted by Gasteiger charge is 2.07. The van der Waals surface area contributed by atoms with Gasteiger partial charge in [0.05, 0.1) is 28.9 Å². The lowest BCUT2D eigenvalue weighted by Crippen LogP contribution is -1.85. The van der Waals surface area contributed by atoms with E-state index in [4.69, 9.17) is 9.47 Å². The Morgan fingerprint density at radius 1 is 1.13 bits per heavy atom. The van der Waals surface area contributed by atoms with E-state index in [0.717, 1.165) is 26.5 Å². The van der Waals surface area contributed by atoms with E-state index in [9.17, 15) is 5.11 Å². The Labute approximate surface area is 146 Å². The summed E-state index contributed by atoms with van der Waals surface area (Å²) in [4.78, 5) is 4.57. The Balaban J connectivity index is 1.92. The number of halogens is 1. The van der Waals surface area contributed by atoms with Crippen LogP contribution in [0.15, 0.2) is 34.8 Å². The van der Waals surface area contributed by atoms with Gasteiger partial charge < -0.3 is 14.6 Å². The predicted octanol–water partition coefficient (Wildman–Crippen LogP) is 4.95. The van der Waals surface area contributed by atoms with Gasteiger partial charge in [-0.2, -0.15) is 0 Å². The van der Waals surface area contributed by atoms with Crippen molar-refractivity contribution in [3.8, 4) is 17.2 Å². The highest BCUT2D eigenvalue weighted by molar-refractivity contribution is 9.10. The largest absolute Gasteiger partial charge is 0.503 e. The van der Waals surface area contributed by atoms with Gasteiger partial charge >= 0.3 is 0 Å². The predicted molar refractivity (Wildman–Crippen MR) is 97.5 cm³/mol. The van der Waals surface area contributed by atoms with Crippen LogP contribution in [0.5, 0.6) is 17.2 Å². The fourth-order valence-electron chi connectivity index (χ4n) is 2.13. The maximum atomic E-state index is 9.83. The molecule has 0 unspecified atom stereocenters. The minimum absolute atomic E-state index is 0.0942. The zero-order valence-electron chi connectivity index (χ0n) is 12.5. The van der Waals surface area contributed by atoms with Gasteiger partial charge in [-0.1, -0.05) is 6.08 Å². The standard InChI is InChI=1S/C17H14BrNO3S/c1-21-11-4-5-13-15(9-11)23-16(19-13)6-3-10-7-12(18)17(20)14(8-10)22-2/h3-9,20H,1-2H3. The third-order valence-corrected chi connectivity index (χ3v) is 4.89. The molecule has 1 aromatic heterocycles. The van der Waals surface area contributed by atoms with Crippen molar-refractivity contribution in [3.05, 3.63) is 45.4 Å². The number of hydrogen-bond acceptors (Lipinski definition) is 5. The third kappa shape index (κ3) is 3.33. The van der Waals surface area contributed by atoms with E-state index in [1.54, 1.807) is 24.5 Å². The van der Waals surface area contributed by atoms with Gasteiger partial charge in [-0.25, -0.2) is 4.98 Å². The van der Waals surface area contributed by atoms with Crippen LogP contribution in [0.1, 0.15) is 10.6 Å². The number of benzene rings is 2. The van der Waals surface area contributed by atoms with Crippen molar-refractivity contribution in [1.82, 2.24) is 4.98 Å². The molecule has 1 N–H and O–H groups in total. The zero-order chi connectivity index (χ0) is 16.4. The van der Waals surface area contributed by atoms with E-state index in [1.807, 2.05) is 36.4 Å². The van der Waals surface area contributed by atoms with Gasteiger partial charge in [0.1, 0.15) is 10.8 Å². The first-order chi connectivity index (χ1) is 11.1. The van der Waals surface area contributed by atoms with Crippen LogP contribution in [-0.4, -0.2) is 24.3 Å². The van der Waals surface area contributed by atoms with Crippen LogP contribution < -0.4 is 9.47 Å². The molecule has 4 nitrogen and oxygen atoms in total. The Morgan fingerprint density at radius 2 is 1.96 bits per heavy atom. The lowest BCUT2D eigenvalue weighted by Gasteiger charge is -2.06. The second-order valence-electron chi connectivity index (χ2n) is 4.77. The van der Waals surface area contributed by atoms with Gasteiger partial charge in [0.15, 0.2) is 11.5 Å². The average Bonchev–Trinajstić information content (AvgIpc) is 2.97. The van der Waals surface area contributed by atoms with Gasteiger partial charge in [-0.15, -0.1) is 11.3 Å². The third-order valence-electron chi connectivity index (χ3n) is 3.30. The summed E-state index contributed by atoms with van der Waals surface area (Å²) in [7, 11) is 3.18. The first-order valence-corrected chi connectivity index (χ1v) is 8.41. The number of rotatable bonds is 4. The summed E-state index contributed by atoms with van der Waals surface area (Å²) in [6.07, 6.45) is 3.87. The van der Waals surface area contributed by atoms with Crippen molar-refractivity contribution < 1.29 is 14.6 Å². The molecule has 3 aromatic rings. The molecule has 23 heavy (non-hydrogen) atoms. The Bertz CT molecular complexity index is 889. The van der Waals surface area contributed by atoms with Gasteiger partial charge in [0, 0.05) is 0 Å². The summed E-state index contributed by atoms with van der Waals surface area (Å²) in [6, 6.07) is 9.42. The molecule has 1 heterocycles. The molecule has 0 spiro atoms. The minimum Gasteiger partial charge on any atom is -0.503 e. The van der Waals surface area contributed by atoms with E-state index in [-0.39, 0.29) is 5.75 Å². The van der Waals surface area contributed by atoms with Crippen LogP contribution in [0, 0.1) is 0 Å². The van der Waals surface area contributed by atoms with Gasteiger partial charge in [-0.05, 0) is 57.9 Å². The van der Waals surface area contributed by atoms with Crippen LogP contribution in [0.4, 0.5) is 0 Å². The average molecular weight is 392 g/mol. The number of hydrogen-bond donors (Lipinski definition) is 1. The van der Waals surface area contributed by atoms with Gasteiger partial charge in [0.25, 0.3) is 0 Å². The number of aromatic hydroxyl groups is 1. The topological polar surface area (TPSA) is 51.6 Å². The lowest BCUT2D eigenvalue weighted by molar-refractivity contribution is 0.372. The first kappa shape index (κ1) is 15.8. The van der Waals surface area contributed by atoms with E-state index in [1.165, 1.54) is 7.11 Å². The molecule has 6 heteroatoms. The van der Waals surface area contributed by atoms with Gasteiger partial charge in [0.2, 0.25) is 0 Å². The molecule has 0 bridgehead atoms. The quantitative estimate of drug-likeness (QED) is 0.683. The summed E-state index contributed by atoms with van der Waals surface area (Å²) in [5.41, 5.74) is 1.85. The maximum absolute atomic E-state index is 9.83. The van der Waals surface area contributed by atoms with Crippen LogP contribution in [0.2, 0.25) is 0 Å². The molecule has 0 aliphatic carbocycles. The van der Waals surface area contributed by atoms with Crippen molar-refractivity contribution in [3.63, 3.8) is 0 Å². The number of thiazole rings is 1. The van der Waals surface area contributed by atoms with E-state index < -0.39 is 0 Å². The van der Waals surface area contributed by atoms with Crippen LogP contribution in [0.3, 0.4) is 0 Å². The van der Waals surface area contributed by atoms with Crippen LogP contribution in [0.25, 0.3) is 22.4 Å². The van der Waals surface area contributed by atoms with Gasteiger partial charge in [-0.3, -0.25) is 0 Å². The molecule has 118 valence electrons. The summed E-state index contributed by atoms with van der Waals surface area (Å²) in [5, 5.41) is 10.7. The number of methoxy groups -OCH3 is 2. The molecular formula is C17H14BrNO3S. The Hall–Kier alpha value is -2.05. The number of phenolic OH excluding ortho intramolecular Hbond substituents is 1. The zero-order valence-corrected chi connectivity index (χ0v) is 14.9. The second-order valence-corrected chi connectivity index (χ2v) is 6.69. The van der Waals surface area contributed by atoms with Crippen LogP contribution in [-0.2, 0) is 0 Å². The van der Waals surface area contributed by atoms with Crippen molar-refractivity contribution in [2.75, 3.05) is 14.2 Å². The number of nitrogens with zero attached hydrogens (tertiary/aromatic N) is 1. The lowest BCUT2D eigenvalue weighted by atomic mass is 10.2. The number of ether oxygens (including phenoxy) is 2. The summed E-state index contributed by atoms with van der Waals surface area (Å²) < 4.78 is 12.0. The van der Waals surface area contributed by atoms with E-state index in [2.05, 4.69) is 20.9 Å². The number of fused-ring (bicyclic) bond motifs is 1. The van der Waals surface area contributed by atoms with Crippen molar-refractivity contribution in [2.45, 2.75) is 0 Å². The van der Waals surface area contributed by atoms with Crippen LogP contribution >= 0.6 is 27.3 Å². The van der Waals surface area contributed by atoms with Crippen molar-refractivity contribution in [1.29, 1.82) is 0 Å². The molecule has 0 aliphatic rings. The fraction of sp³-hybridized carbons (Fsp3) is 0.118. The normalized spacial score (nSPS) is 11.3. The summed E-state index contributed by atoms with van der Waals surface area (Å²) >= 11 is 4.91. The molecule has 0 radical (unpaired) electrons. The highest BCUT2D eigenvalue weighted by Crippen LogP contribution is 2.36. The molecule has 0 saturated carbocycles. The van der Waals surface area contributed by atoms with Crippen molar-refractivity contribution >= 4 is 49.6 Å². The second kappa shape index (κ2) is 6.60. The molecule has 0 amide bonds. The summed E-state index contributed by atoms with van der Waals surface area (Å²) in [6.45, 7) is 0. The monoisotopic (exact) mass is 391 g/mol. The maximum Gasteiger partial charge on any atom is 0.172 e. The first-order valence-electron chi connectivity index (χ1n) is 6.80. The molecule has 2 aromatic carbocycles.